The van der Waals surface area contributed by atoms with Crippen LogP contribution in [0.5, 0.6) is 0 Å². The molecule has 0 bridgehead atoms. The summed E-state index contributed by atoms with van der Waals surface area (Å²) in [5.74, 6) is -0.0212. The summed E-state index contributed by atoms with van der Waals surface area (Å²) in [5, 5.41) is 74.8. The van der Waals surface area contributed by atoms with Crippen LogP contribution in [0.4, 0.5) is 16.4 Å². The summed E-state index contributed by atoms with van der Waals surface area (Å²) < 4.78 is 27.3. The standard InChI is InChI=1S/C39H48N10O9/c1-36(2)11-19(12-36)23(9-25-29(50)31(52)38(15-40,57-25)27-7-5-21-33(42)44-17-46-48(21)27)55-35(54)56-24(20-13-37(3,4)14-20)10-26-30(51)32(53)39(16-41,58-26)28-8-6-22-34(43)45-18-47-49(22)28/h5-8,17-20,23-26,29-32,50-53H,9-14H2,1-4H3,(H2,42,44,46)(H2,43,45,47)/t23?,24?,25-,26-,29-,30-,31-,32-,38+,39+/m1/s1. The van der Waals surface area contributed by atoms with E-state index in [-0.39, 0.29) is 58.5 Å². The lowest BCUT2D eigenvalue weighted by Crippen LogP contribution is -2.46. The number of nitrogens with zero attached hydrogens (tertiary/aromatic N) is 8. The molecular formula is C39H48N10O9. The SMILES string of the molecule is CC1(C)CC(C(C[C@H]2O[C@@](C#N)(c3ccc4c(N)ncnn34)[C@H](O)[C@@H]2O)OC(=O)OC(C[C@H]2O[C@@](C#N)(c3ccc4c(N)ncnn34)[C@H](O)[C@@H]2O)C2CC(C)(C)C2)C1. The molecule has 2 saturated carbocycles. The van der Waals surface area contributed by atoms with Gasteiger partial charge in [0.25, 0.3) is 0 Å². The molecule has 4 aliphatic rings. The predicted molar refractivity (Wildman–Crippen MR) is 201 cm³/mol. The van der Waals surface area contributed by atoms with Crippen molar-refractivity contribution in [2.24, 2.45) is 22.7 Å². The van der Waals surface area contributed by atoms with Crippen LogP contribution in [-0.4, -0.2) is 105 Å². The average molecular weight is 801 g/mol. The third-order valence-corrected chi connectivity index (χ3v) is 12.7. The number of aromatic nitrogens is 6. The van der Waals surface area contributed by atoms with Crippen LogP contribution in [0.25, 0.3) is 11.0 Å². The molecule has 4 aromatic rings. The summed E-state index contributed by atoms with van der Waals surface area (Å²) >= 11 is 0. The second-order valence-electron chi connectivity index (χ2n) is 17.9. The number of nitrogen functional groups attached to an aromatic ring is 2. The summed E-state index contributed by atoms with van der Waals surface area (Å²) in [6, 6.07) is 10.3. The summed E-state index contributed by atoms with van der Waals surface area (Å²) in [7, 11) is 0. The van der Waals surface area contributed by atoms with Gasteiger partial charge in [0.1, 0.15) is 72.5 Å². The van der Waals surface area contributed by atoms with Crippen LogP contribution in [0, 0.1) is 45.3 Å². The summed E-state index contributed by atoms with van der Waals surface area (Å²) in [4.78, 5) is 21.8. The molecule has 2 aliphatic heterocycles. The number of aliphatic hydroxyl groups excluding tert-OH is 4. The highest BCUT2D eigenvalue weighted by Crippen LogP contribution is 2.52. The van der Waals surface area contributed by atoms with Crippen molar-refractivity contribution in [1.82, 2.24) is 29.2 Å². The smallest absolute Gasteiger partial charge is 0.431 e. The lowest BCUT2D eigenvalue weighted by Gasteiger charge is -2.47. The van der Waals surface area contributed by atoms with Crippen molar-refractivity contribution in [3.8, 4) is 12.1 Å². The Bertz CT molecular complexity index is 2150. The highest BCUT2D eigenvalue weighted by Gasteiger charge is 2.60. The molecule has 8 N–H and O–H groups in total. The molecular weight excluding hydrogens is 752 g/mol. The number of carbonyl (C=O) groups is 1. The van der Waals surface area contributed by atoms with Crippen LogP contribution in [-0.2, 0) is 30.1 Å². The molecule has 4 aromatic heterocycles. The van der Waals surface area contributed by atoms with E-state index < -0.39 is 66.2 Å². The fraction of sp³-hybridized carbons (Fsp3) is 0.615. The van der Waals surface area contributed by atoms with Gasteiger partial charge in [0.05, 0.1) is 23.6 Å². The van der Waals surface area contributed by atoms with Gasteiger partial charge in [-0.1, -0.05) is 27.7 Å². The Morgan fingerprint density at radius 1 is 0.759 bits per heavy atom. The lowest BCUT2D eigenvalue weighted by atomic mass is 9.62. The van der Waals surface area contributed by atoms with E-state index in [1.54, 1.807) is 12.1 Å². The molecule has 6 heterocycles. The zero-order valence-corrected chi connectivity index (χ0v) is 32.5. The van der Waals surface area contributed by atoms with Crippen LogP contribution in [0.1, 0.15) is 77.6 Å². The molecule has 2 unspecified atom stereocenters. The van der Waals surface area contributed by atoms with Gasteiger partial charge in [-0.25, -0.2) is 23.8 Å². The maximum Gasteiger partial charge on any atom is 0.508 e. The third-order valence-electron chi connectivity index (χ3n) is 12.7. The van der Waals surface area contributed by atoms with Gasteiger partial charge < -0.3 is 50.8 Å². The van der Waals surface area contributed by atoms with Crippen molar-refractivity contribution in [3.05, 3.63) is 48.3 Å². The van der Waals surface area contributed by atoms with Crippen molar-refractivity contribution in [2.45, 2.75) is 126 Å². The first-order chi connectivity index (χ1) is 27.4. The van der Waals surface area contributed by atoms with Gasteiger partial charge in [-0.2, -0.15) is 20.7 Å². The molecule has 0 amide bonds. The minimum Gasteiger partial charge on any atom is -0.431 e. The van der Waals surface area contributed by atoms with Gasteiger partial charge in [0.2, 0.25) is 11.2 Å². The van der Waals surface area contributed by atoms with E-state index >= 15 is 0 Å². The molecule has 4 fully saturated rings. The molecule has 19 heteroatoms. The van der Waals surface area contributed by atoms with Crippen LogP contribution < -0.4 is 11.5 Å². The highest BCUT2D eigenvalue weighted by molar-refractivity contribution is 5.67. The number of hydrogen-bond donors (Lipinski definition) is 6. The second-order valence-corrected chi connectivity index (χ2v) is 17.9. The number of nitrogens with two attached hydrogens (primary N) is 2. The molecule has 0 spiro atoms. The van der Waals surface area contributed by atoms with E-state index in [4.69, 9.17) is 30.4 Å². The van der Waals surface area contributed by atoms with Crippen LogP contribution in [0.15, 0.2) is 36.9 Å². The molecule has 10 atom stereocenters. The molecule has 2 saturated heterocycles. The normalized spacial score (nSPS) is 32.9. The molecule has 58 heavy (non-hydrogen) atoms. The molecule has 308 valence electrons. The van der Waals surface area contributed by atoms with E-state index in [1.165, 1.54) is 33.8 Å². The first kappa shape index (κ1) is 39.7. The number of anilines is 2. The number of ether oxygens (including phenoxy) is 4. The Morgan fingerprint density at radius 3 is 1.48 bits per heavy atom. The zero-order valence-electron chi connectivity index (χ0n) is 32.5. The van der Waals surface area contributed by atoms with Gasteiger partial charge in [-0.3, -0.25) is 0 Å². The fourth-order valence-corrected chi connectivity index (χ4v) is 9.86. The van der Waals surface area contributed by atoms with E-state index in [0.717, 1.165) is 0 Å². The van der Waals surface area contributed by atoms with E-state index in [0.29, 0.717) is 36.7 Å². The summed E-state index contributed by atoms with van der Waals surface area (Å²) in [6.45, 7) is 8.35. The van der Waals surface area contributed by atoms with Gasteiger partial charge in [0.15, 0.2) is 11.6 Å². The third kappa shape index (κ3) is 6.37. The van der Waals surface area contributed by atoms with Crippen LogP contribution in [0.3, 0.4) is 0 Å². The minimum atomic E-state index is -2.04. The number of rotatable bonds is 10. The summed E-state index contributed by atoms with van der Waals surface area (Å²) in [6.07, 6.45) is -6.47. The van der Waals surface area contributed by atoms with Crippen molar-refractivity contribution < 1.29 is 44.2 Å². The monoisotopic (exact) mass is 800 g/mol. The highest BCUT2D eigenvalue weighted by atomic mass is 16.7. The van der Waals surface area contributed by atoms with Crippen molar-refractivity contribution >= 4 is 28.8 Å². The number of nitriles is 2. The Morgan fingerprint density at radius 2 is 1.14 bits per heavy atom. The van der Waals surface area contributed by atoms with E-state index in [1.807, 2.05) is 12.1 Å². The minimum absolute atomic E-state index is 0.0428. The number of fused-ring (bicyclic) bond motifs is 2. The average Bonchev–Trinajstić information content (AvgIpc) is 3.91. The maximum atomic E-state index is 13.9. The quantitative estimate of drug-likeness (QED) is 0.125. The van der Waals surface area contributed by atoms with E-state index in [2.05, 4.69) is 47.9 Å². The molecule has 19 nitrogen and oxygen atoms in total. The van der Waals surface area contributed by atoms with Gasteiger partial charge in [0, 0.05) is 12.8 Å². The Labute approximate surface area is 333 Å². The fourth-order valence-electron chi connectivity index (χ4n) is 9.86. The molecule has 2 aliphatic carbocycles. The first-order valence-electron chi connectivity index (χ1n) is 19.4. The zero-order chi connectivity index (χ0) is 41.5. The summed E-state index contributed by atoms with van der Waals surface area (Å²) in [5.41, 5.74) is 8.90. The van der Waals surface area contributed by atoms with Crippen LogP contribution >= 0.6 is 0 Å². The first-order valence-corrected chi connectivity index (χ1v) is 19.4. The van der Waals surface area contributed by atoms with Crippen molar-refractivity contribution in [2.75, 3.05) is 11.5 Å². The predicted octanol–water partition coefficient (Wildman–Crippen LogP) is 1.86. The largest absolute Gasteiger partial charge is 0.508 e. The number of carbonyl (C=O) groups excluding carboxylic acids is 1. The van der Waals surface area contributed by atoms with Crippen molar-refractivity contribution in [1.29, 1.82) is 10.5 Å². The Kier molecular flexibility index (Phi) is 9.58. The Hall–Kier alpha value is -5.15. The lowest BCUT2D eigenvalue weighted by molar-refractivity contribution is -0.120. The van der Waals surface area contributed by atoms with E-state index in [9.17, 15) is 35.7 Å². The number of aliphatic hydroxyl groups is 4. The Balaban J connectivity index is 1.02. The van der Waals surface area contributed by atoms with Crippen molar-refractivity contribution in [3.63, 3.8) is 0 Å². The van der Waals surface area contributed by atoms with Gasteiger partial charge in [-0.15, -0.1) is 0 Å². The molecule has 8 rings (SSSR count). The van der Waals surface area contributed by atoms with Crippen LogP contribution in [0.2, 0.25) is 0 Å². The van der Waals surface area contributed by atoms with Gasteiger partial charge in [-0.05, 0) is 72.6 Å². The maximum absolute atomic E-state index is 13.9. The second kappa shape index (κ2) is 14.0. The molecule has 0 radical (unpaired) electrons. The topological polar surface area (TPSA) is 295 Å². The van der Waals surface area contributed by atoms with Gasteiger partial charge >= 0.3 is 6.16 Å². The molecule has 0 aromatic carbocycles. The number of hydrogen-bond acceptors (Lipinski definition) is 17.